The van der Waals surface area contributed by atoms with Gasteiger partial charge in [0.2, 0.25) is 0 Å². The van der Waals surface area contributed by atoms with Crippen molar-refractivity contribution < 1.29 is 0 Å². The summed E-state index contributed by atoms with van der Waals surface area (Å²) in [6.45, 7) is 4.05. The van der Waals surface area contributed by atoms with Crippen LogP contribution in [0.15, 0.2) is 5.38 Å². The van der Waals surface area contributed by atoms with E-state index < -0.39 is 0 Å². The molecule has 3 nitrogen and oxygen atoms in total. The lowest BCUT2D eigenvalue weighted by Crippen LogP contribution is -2.16. The maximum Gasteiger partial charge on any atom is 0.107 e. The molecule has 0 aliphatic carbocycles. The first-order valence-corrected chi connectivity index (χ1v) is 5.25. The average Bonchev–Trinajstić information content (AvgIpc) is 2.54. The highest BCUT2D eigenvalue weighted by Gasteiger charge is 2.00. The van der Waals surface area contributed by atoms with Crippen LogP contribution in [0.4, 0.5) is 0 Å². The zero-order chi connectivity index (χ0) is 9.52. The van der Waals surface area contributed by atoms with Crippen molar-refractivity contribution in [1.29, 1.82) is 5.26 Å². The summed E-state index contributed by atoms with van der Waals surface area (Å²) in [6, 6.07) is 2.10. The van der Waals surface area contributed by atoms with Crippen molar-refractivity contribution in [3.63, 3.8) is 0 Å². The van der Waals surface area contributed by atoms with Gasteiger partial charge in [-0.2, -0.15) is 5.26 Å². The van der Waals surface area contributed by atoms with Crippen LogP contribution in [0.2, 0.25) is 0 Å². The fraction of sp³-hybridized carbons (Fsp3) is 0.556. The maximum absolute atomic E-state index is 8.45. The van der Waals surface area contributed by atoms with Crippen LogP contribution < -0.4 is 5.32 Å². The largest absolute Gasteiger partial charge is 0.317 e. The molecule has 1 N–H and O–H groups in total. The molecule has 0 unspecified atom stereocenters. The standard InChI is InChI=1S/C9H13N3S/c1-2-11-6-4-8-7-13-9(12-8)3-5-10/h7,11H,2-4,6H2,1H3. The molecule has 0 saturated heterocycles. The molecule has 13 heavy (non-hydrogen) atoms. The second kappa shape index (κ2) is 5.68. The van der Waals surface area contributed by atoms with Crippen LogP contribution in [0.5, 0.6) is 0 Å². The third-order valence-electron chi connectivity index (χ3n) is 1.64. The molecule has 0 spiro atoms. The van der Waals surface area contributed by atoms with Crippen LogP contribution in [-0.4, -0.2) is 18.1 Å². The van der Waals surface area contributed by atoms with Gasteiger partial charge in [0.1, 0.15) is 5.01 Å². The van der Waals surface area contributed by atoms with Gasteiger partial charge < -0.3 is 5.32 Å². The van der Waals surface area contributed by atoms with Gasteiger partial charge in [0.25, 0.3) is 0 Å². The Morgan fingerprint density at radius 3 is 3.23 bits per heavy atom. The fourth-order valence-electron chi connectivity index (χ4n) is 1.01. The summed E-state index contributed by atoms with van der Waals surface area (Å²) in [5.41, 5.74) is 1.09. The normalized spacial score (nSPS) is 9.85. The van der Waals surface area contributed by atoms with Gasteiger partial charge in [0.15, 0.2) is 0 Å². The third-order valence-corrected chi connectivity index (χ3v) is 2.54. The Kier molecular flexibility index (Phi) is 4.44. The van der Waals surface area contributed by atoms with E-state index in [9.17, 15) is 0 Å². The summed E-state index contributed by atoms with van der Waals surface area (Å²) in [4.78, 5) is 4.33. The Bertz CT molecular complexity index is 287. The van der Waals surface area contributed by atoms with Gasteiger partial charge in [-0.1, -0.05) is 6.92 Å². The number of hydrogen-bond donors (Lipinski definition) is 1. The summed E-state index contributed by atoms with van der Waals surface area (Å²) in [5, 5.41) is 14.6. The van der Waals surface area contributed by atoms with E-state index in [0.29, 0.717) is 6.42 Å². The topological polar surface area (TPSA) is 48.7 Å². The van der Waals surface area contributed by atoms with Gasteiger partial charge in [0.05, 0.1) is 18.2 Å². The van der Waals surface area contributed by atoms with E-state index in [1.807, 2.05) is 5.38 Å². The highest BCUT2D eigenvalue weighted by molar-refractivity contribution is 7.09. The molecule has 0 radical (unpaired) electrons. The van der Waals surface area contributed by atoms with E-state index >= 15 is 0 Å². The molecule has 0 bridgehead atoms. The summed E-state index contributed by atoms with van der Waals surface area (Å²) in [6.07, 6.45) is 1.39. The van der Waals surface area contributed by atoms with Crippen molar-refractivity contribution in [1.82, 2.24) is 10.3 Å². The molecular weight excluding hydrogens is 182 g/mol. The van der Waals surface area contributed by atoms with E-state index in [0.717, 1.165) is 30.2 Å². The van der Waals surface area contributed by atoms with E-state index in [2.05, 4.69) is 23.3 Å². The maximum atomic E-state index is 8.45. The molecule has 0 fully saturated rings. The predicted octanol–water partition coefficient (Wildman–Crippen LogP) is 1.36. The number of nitriles is 1. The smallest absolute Gasteiger partial charge is 0.107 e. The number of likely N-dealkylation sites (N-methyl/N-ethyl adjacent to an activating group) is 1. The summed E-state index contributed by atoms with van der Waals surface area (Å²) in [7, 11) is 0. The Morgan fingerprint density at radius 2 is 2.54 bits per heavy atom. The monoisotopic (exact) mass is 195 g/mol. The number of hydrogen-bond acceptors (Lipinski definition) is 4. The highest BCUT2D eigenvalue weighted by Crippen LogP contribution is 2.09. The number of nitrogens with one attached hydrogen (secondary N) is 1. The molecular formula is C9H13N3S. The molecule has 1 aromatic rings. The van der Waals surface area contributed by atoms with E-state index in [1.165, 1.54) is 0 Å². The SMILES string of the molecule is CCNCCc1csc(CC#N)n1. The number of nitrogens with zero attached hydrogens (tertiary/aromatic N) is 2. The van der Waals surface area contributed by atoms with Gasteiger partial charge in [0, 0.05) is 18.3 Å². The highest BCUT2D eigenvalue weighted by atomic mass is 32.1. The van der Waals surface area contributed by atoms with Gasteiger partial charge in [-0.25, -0.2) is 4.98 Å². The van der Waals surface area contributed by atoms with Crippen molar-refractivity contribution in [2.24, 2.45) is 0 Å². The van der Waals surface area contributed by atoms with Crippen molar-refractivity contribution in [3.8, 4) is 6.07 Å². The Morgan fingerprint density at radius 1 is 1.69 bits per heavy atom. The molecule has 0 aliphatic heterocycles. The van der Waals surface area contributed by atoms with Gasteiger partial charge >= 0.3 is 0 Å². The minimum atomic E-state index is 0.436. The Hall–Kier alpha value is -0.920. The summed E-state index contributed by atoms with van der Waals surface area (Å²) in [5.74, 6) is 0. The first-order valence-electron chi connectivity index (χ1n) is 4.37. The van der Waals surface area contributed by atoms with E-state index in [-0.39, 0.29) is 0 Å². The van der Waals surface area contributed by atoms with Crippen LogP contribution >= 0.6 is 11.3 Å². The van der Waals surface area contributed by atoms with Crippen LogP contribution in [0, 0.1) is 11.3 Å². The third kappa shape index (κ3) is 3.53. The quantitative estimate of drug-likeness (QED) is 0.722. The molecule has 1 rings (SSSR count). The average molecular weight is 195 g/mol. The first-order chi connectivity index (χ1) is 6.36. The van der Waals surface area contributed by atoms with Crippen molar-refractivity contribution in [2.45, 2.75) is 19.8 Å². The van der Waals surface area contributed by atoms with Gasteiger partial charge in [-0.15, -0.1) is 11.3 Å². The lowest BCUT2D eigenvalue weighted by molar-refractivity contribution is 0.709. The Balaban J connectivity index is 2.36. The van der Waals surface area contributed by atoms with Gasteiger partial charge in [-0.3, -0.25) is 0 Å². The lowest BCUT2D eigenvalue weighted by Gasteiger charge is -1.96. The van der Waals surface area contributed by atoms with Crippen LogP contribution in [0.25, 0.3) is 0 Å². The van der Waals surface area contributed by atoms with E-state index in [1.54, 1.807) is 11.3 Å². The second-order valence-corrected chi connectivity index (χ2v) is 3.61. The van der Waals surface area contributed by atoms with Crippen LogP contribution in [0.1, 0.15) is 17.6 Å². The molecule has 70 valence electrons. The second-order valence-electron chi connectivity index (χ2n) is 2.67. The zero-order valence-corrected chi connectivity index (χ0v) is 8.52. The summed E-state index contributed by atoms with van der Waals surface area (Å²) >= 11 is 1.57. The van der Waals surface area contributed by atoms with Crippen LogP contribution in [-0.2, 0) is 12.8 Å². The van der Waals surface area contributed by atoms with Crippen molar-refractivity contribution in [3.05, 3.63) is 16.1 Å². The predicted molar refractivity (Wildman–Crippen MR) is 53.7 cm³/mol. The molecule has 1 aromatic heterocycles. The van der Waals surface area contributed by atoms with Crippen molar-refractivity contribution in [2.75, 3.05) is 13.1 Å². The first kappa shape index (κ1) is 10.2. The summed E-state index contributed by atoms with van der Waals surface area (Å²) < 4.78 is 0. The number of rotatable bonds is 5. The zero-order valence-electron chi connectivity index (χ0n) is 7.71. The fourth-order valence-corrected chi connectivity index (χ4v) is 1.77. The minimum absolute atomic E-state index is 0.436. The molecule has 0 aliphatic rings. The molecule has 0 atom stereocenters. The molecule has 0 amide bonds. The molecule has 0 aromatic carbocycles. The van der Waals surface area contributed by atoms with E-state index in [4.69, 9.17) is 5.26 Å². The lowest BCUT2D eigenvalue weighted by atomic mass is 10.3. The molecule has 0 saturated carbocycles. The van der Waals surface area contributed by atoms with Crippen molar-refractivity contribution >= 4 is 11.3 Å². The number of thiazole rings is 1. The van der Waals surface area contributed by atoms with Gasteiger partial charge in [-0.05, 0) is 6.54 Å². The Labute approximate surface area is 82.4 Å². The molecule has 1 heterocycles. The van der Waals surface area contributed by atoms with Crippen LogP contribution in [0.3, 0.4) is 0 Å². The molecule has 4 heteroatoms. The minimum Gasteiger partial charge on any atom is -0.317 e. The number of aromatic nitrogens is 1.